The smallest absolute Gasteiger partial charge is 0.321 e. The van der Waals surface area contributed by atoms with Crippen molar-refractivity contribution in [2.75, 3.05) is 31.5 Å². The van der Waals surface area contributed by atoms with Crippen LogP contribution in [0.3, 0.4) is 0 Å². The van der Waals surface area contributed by atoms with E-state index in [9.17, 15) is 9.59 Å². The zero-order valence-corrected chi connectivity index (χ0v) is 16.5. The van der Waals surface area contributed by atoms with Crippen LogP contribution in [-0.4, -0.2) is 54.1 Å². The highest BCUT2D eigenvalue weighted by molar-refractivity contribution is 6.33. The summed E-state index contributed by atoms with van der Waals surface area (Å²) < 4.78 is 0. The largest absolute Gasteiger partial charge is 0.327 e. The van der Waals surface area contributed by atoms with Gasteiger partial charge >= 0.3 is 12.1 Å². The van der Waals surface area contributed by atoms with E-state index in [1.54, 1.807) is 24.3 Å². The number of piperidine rings is 2. The summed E-state index contributed by atoms with van der Waals surface area (Å²) in [5, 5.41) is 5.54. The Morgan fingerprint density at radius 3 is 2.56 bits per heavy atom. The van der Waals surface area contributed by atoms with E-state index in [2.05, 4.69) is 15.5 Å². The minimum absolute atomic E-state index is 0.203. The molecule has 0 saturated carbocycles. The Morgan fingerprint density at radius 1 is 1.04 bits per heavy atom. The predicted octanol–water partition coefficient (Wildman–Crippen LogP) is 4.31. The summed E-state index contributed by atoms with van der Waals surface area (Å²) in [5.74, 6) is 0. The maximum absolute atomic E-state index is 12.7. The third kappa shape index (κ3) is 5.84. The van der Waals surface area contributed by atoms with Crippen LogP contribution in [0.25, 0.3) is 0 Å². The van der Waals surface area contributed by atoms with Crippen LogP contribution in [0, 0.1) is 0 Å². The second kappa shape index (κ2) is 9.95. The van der Waals surface area contributed by atoms with Gasteiger partial charge in [0.05, 0.1) is 10.7 Å². The van der Waals surface area contributed by atoms with Gasteiger partial charge in [-0.1, -0.05) is 30.2 Å². The van der Waals surface area contributed by atoms with Gasteiger partial charge in [0.1, 0.15) is 0 Å². The van der Waals surface area contributed by atoms with Crippen molar-refractivity contribution in [3.05, 3.63) is 29.3 Å². The van der Waals surface area contributed by atoms with E-state index in [-0.39, 0.29) is 12.1 Å². The first kappa shape index (κ1) is 20.0. The third-order valence-corrected chi connectivity index (χ3v) is 5.79. The monoisotopic (exact) mass is 392 g/mol. The van der Waals surface area contributed by atoms with Gasteiger partial charge in [-0.05, 0) is 63.7 Å². The summed E-state index contributed by atoms with van der Waals surface area (Å²) in [6.07, 6.45) is 7.98. The van der Waals surface area contributed by atoms with Gasteiger partial charge in [-0.2, -0.15) is 0 Å². The van der Waals surface area contributed by atoms with Crippen molar-refractivity contribution in [1.82, 2.24) is 15.1 Å². The first-order valence-corrected chi connectivity index (χ1v) is 10.4. The Morgan fingerprint density at radius 2 is 1.78 bits per heavy atom. The second-order valence-electron chi connectivity index (χ2n) is 7.40. The molecule has 0 aromatic heterocycles. The number of likely N-dealkylation sites (tertiary alicyclic amines) is 2. The second-order valence-corrected chi connectivity index (χ2v) is 7.81. The molecule has 0 radical (unpaired) electrons. The van der Waals surface area contributed by atoms with Gasteiger partial charge in [0.15, 0.2) is 0 Å². The van der Waals surface area contributed by atoms with E-state index in [4.69, 9.17) is 11.6 Å². The number of carbonyl (C=O) groups is 2. The first-order chi connectivity index (χ1) is 13.1. The molecule has 2 N–H and O–H groups in total. The molecule has 0 spiro atoms. The lowest BCUT2D eigenvalue weighted by molar-refractivity contribution is 0.133. The molecule has 27 heavy (non-hydrogen) atoms. The molecule has 2 fully saturated rings. The fraction of sp³-hybridized carbons (Fsp3) is 0.600. The Balaban J connectivity index is 1.51. The van der Waals surface area contributed by atoms with Crippen LogP contribution in [0.5, 0.6) is 0 Å². The minimum Gasteiger partial charge on any atom is -0.321 e. The molecular formula is C20H29ClN4O2. The number of anilines is 1. The molecule has 0 aliphatic carbocycles. The molecule has 1 aromatic rings. The van der Waals surface area contributed by atoms with E-state index in [0.717, 1.165) is 32.2 Å². The first-order valence-electron chi connectivity index (χ1n) is 9.99. The average molecular weight is 393 g/mol. The highest BCUT2D eigenvalue weighted by Gasteiger charge is 2.28. The van der Waals surface area contributed by atoms with Crippen molar-refractivity contribution in [3.63, 3.8) is 0 Å². The molecular weight excluding hydrogens is 364 g/mol. The molecule has 2 aliphatic rings. The normalized spacial score (nSPS) is 20.9. The van der Waals surface area contributed by atoms with E-state index in [0.29, 0.717) is 17.3 Å². The Labute approximate surface area is 166 Å². The SMILES string of the molecule is O=C(NC(=O)N1CCCCC1CCN1CCCCC1)Nc1ccccc1Cl. The minimum atomic E-state index is -0.548. The van der Waals surface area contributed by atoms with Gasteiger partial charge < -0.3 is 15.1 Å². The van der Waals surface area contributed by atoms with Crippen molar-refractivity contribution in [2.45, 2.75) is 51.0 Å². The molecule has 148 valence electrons. The van der Waals surface area contributed by atoms with Crippen LogP contribution in [-0.2, 0) is 0 Å². The van der Waals surface area contributed by atoms with Crippen LogP contribution in [0.2, 0.25) is 5.02 Å². The number of amides is 4. The van der Waals surface area contributed by atoms with Gasteiger partial charge in [-0.15, -0.1) is 0 Å². The van der Waals surface area contributed by atoms with Crippen LogP contribution in [0.15, 0.2) is 24.3 Å². The van der Waals surface area contributed by atoms with Crippen LogP contribution >= 0.6 is 11.6 Å². The molecule has 2 saturated heterocycles. The zero-order valence-electron chi connectivity index (χ0n) is 15.8. The maximum Gasteiger partial charge on any atom is 0.327 e. The zero-order chi connectivity index (χ0) is 19.1. The van der Waals surface area contributed by atoms with Crippen LogP contribution in [0.4, 0.5) is 15.3 Å². The summed E-state index contributed by atoms with van der Waals surface area (Å²) in [6, 6.07) is 6.31. The molecule has 2 heterocycles. The fourth-order valence-corrected chi connectivity index (χ4v) is 4.15. The highest BCUT2D eigenvalue weighted by atomic mass is 35.5. The summed E-state index contributed by atoms with van der Waals surface area (Å²) in [4.78, 5) is 29.2. The highest BCUT2D eigenvalue weighted by Crippen LogP contribution is 2.22. The van der Waals surface area contributed by atoms with Crippen molar-refractivity contribution >= 4 is 29.4 Å². The van der Waals surface area contributed by atoms with E-state index >= 15 is 0 Å². The number of benzene rings is 1. The lowest BCUT2D eigenvalue weighted by atomic mass is 9.99. The quantitative estimate of drug-likeness (QED) is 0.802. The molecule has 4 amide bonds. The Bertz CT molecular complexity index is 649. The van der Waals surface area contributed by atoms with Crippen LogP contribution < -0.4 is 10.6 Å². The molecule has 1 atom stereocenters. The number of carbonyl (C=O) groups excluding carboxylic acids is 2. The van der Waals surface area contributed by atoms with Crippen molar-refractivity contribution in [2.24, 2.45) is 0 Å². The molecule has 7 heteroatoms. The van der Waals surface area contributed by atoms with Gasteiger partial charge in [-0.3, -0.25) is 5.32 Å². The maximum atomic E-state index is 12.7. The van der Waals surface area contributed by atoms with E-state index in [1.807, 2.05) is 4.90 Å². The predicted molar refractivity (Wildman–Crippen MR) is 108 cm³/mol. The standard InChI is InChI=1S/C20H29ClN4O2/c21-17-9-2-3-10-18(17)22-19(26)23-20(27)25-14-7-4-8-16(25)11-15-24-12-5-1-6-13-24/h2-3,9-10,16H,1,4-8,11-15H2,(H2,22,23,26,27). The number of imide groups is 1. The van der Waals surface area contributed by atoms with Crippen LogP contribution in [0.1, 0.15) is 44.9 Å². The molecule has 1 aromatic carbocycles. The summed E-state index contributed by atoms with van der Waals surface area (Å²) >= 11 is 6.05. The number of hydrogen-bond donors (Lipinski definition) is 2. The Kier molecular flexibility index (Phi) is 7.35. The van der Waals surface area contributed by atoms with Gasteiger partial charge in [0.2, 0.25) is 0 Å². The number of rotatable bonds is 4. The summed E-state index contributed by atoms with van der Waals surface area (Å²) in [7, 11) is 0. The number of para-hydroxylation sites is 1. The molecule has 6 nitrogen and oxygen atoms in total. The van der Waals surface area contributed by atoms with Crippen molar-refractivity contribution < 1.29 is 9.59 Å². The fourth-order valence-electron chi connectivity index (χ4n) is 3.97. The Hall–Kier alpha value is -1.79. The summed E-state index contributed by atoms with van der Waals surface area (Å²) in [5.41, 5.74) is 0.491. The number of nitrogens with one attached hydrogen (secondary N) is 2. The molecule has 3 rings (SSSR count). The van der Waals surface area contributed by atoms with Gasteiger partial charge in [0.25, 0.3) is 0 Å². The van der Waals surface area contributed by atoms with Gasteiger partial charge in [-0.25, -0.2) is 9.59 Å². The number of hydrogen-bond acceptors (Lipinski definition) is 3. The summed E-state index contributed by atoms with van der Waals surface area (Å²) in [6.45, 7) is 4.06. The average Bonchev–Trinajstić information content (AvgIpc) is 2.69. The van der Waals surface area contributed by atoms with Crippen molar-refractivity contribution in [1.29, 1.82) is 0 Å². The number of nitrogens with zero attached hydrogens (tertiary/aromatic N) is 2. The molecule has 0 bridgehead atoms. The van der Waals surface area contributed by atoms with Gasteiger partial charge in [0, 0.05) is 19.1 Å². The third-order valence-electron chi connectivity index (χ3n) is 5.46. The molecule has 2 aliphatic heterocycles. The van der Waals surface area contributed by atoms with Crippen molar-refractivity contribution in [3.8, 4) is 0 Å². The lowest BCUT2D eigenvalue weighted by Gasteiger charge is -2.37. The number of halogens is 1. The van der Waals surface area contributed by atoms with E-state index in [1.165, 1.54) is 32.4 Å². The van der Waals surface area contributed by atoms with E-state index < -0.39 is 6.03 Å². The topological polar surface area (TPSA) is 64.7 Å². The lowest BCUT2D eigenvalue weighted by Crippen LogP contribution is -2.51. The number of urea groups is 2. The molecule has 1 unspecified atom stereocenters.